The fourth-order valence-corrected chi connectivity index (χ4v) is 1.00. The van der Waals surface area contributed by atoms with Crippen molar-refractivity contribution in [3.05, 3.63) is 78.9 Å². The van der Waals surface area contributed by atoms with E-state index in [9.17, 15) is 0 Å². The number of benzene rings is 1. The van der Waals surface area contributed by atoms with Crippen molar-refractivity contribution in [2.45, 2.75) is 0 Å². The molecule has 3 heteroatoms. The van der Waals surface area contributed by atoms with Gasteiger partial charge >= 0.3 is 0 Å². The van der Waals surface area contributed by atoms with E-state index in [1.807, 2.05) is 74.3 Å². The molecular weight excluding hydrogens is 283 g/mol. The minimum Gasteiger partial charge on any atom is -0.307 e. The second-order valence-electron chi connectivity index (χ2n) is 2.91. The Morgan fingerprint density at radius 3 is 1.47 bits per heavy atom. The van der Waals surface area contributed by atoms with E-state index in [4.69, 9.17) is 9.59 Å². The van der Waals surface area contributed by atoms with Crippen molar-refractivity contribution in [3.63, 3.8) is 0 Å². The van der Waals surface area contributed by atoms with Gasteiger partial charge in [-0.2, -0.15) is 0 Å². The molecule has 1 aliphatic rings. The number of hydrogen-bond donors (Lipinski definition) is 0. The molecule has 1 aromatic rings. The third kappa shape index (κ3) is 14.0. The molecule has 0 unspecified atom stereocenters. The first-order valence-electron chi connectivity index (χ1n) is 5.12. The van der Waals surface area contributed by atoms with Gasteiger partial charge in [0.25, 0.3) is 0 Å². The summed E-state index contributed by atoms with van der Waals surface area (Å²) in [6.07, 6.45) is 9.73. The van der Waals surface area contributed by atoms with Gasteiger partial charge < -0.3 is 9.59 Å². The van der Waals surface area contributed by atoms with Gasteiger partial charge in [-0.3, -0.25) is 0 Å². The molecule has 0 saturated carbocycles. The first-order valence-corrected chi connectivity index (χ1v) is 5.12. The van der Waals surface area contributed by atoms with E-state index in [-0.39, 0.29) is 16.8 Å². The molecule has 1 radical (unpaired) electrons. The molecule has 0 amide bonds. The average molecular weight is 301 g/mol. The monoisotopic (exact) mass is 301 g/mol. The van der Waals surface area contributed by atoms with Gasteiger partial charge in [-0.05, 0) is 11.1 Å². The maximum absolute atomic E-state index is 8.00. The Balaban J connectivity index is -0.000000209. The fourth-order valence-electron chi connectivity index (χ4n) is 1.00. The molecule has 0 aliphatic heterocycles. The van der Waals surface area contributed by atoms with Crippen molar-refractivity contribution in [1.29, 1.82) is 0 Å². The van der Waals surface area contributed by atoms with E-state index in [1.54, 1.807) is 0 Å². The van der Waals surface area contributed by atoms with E-state index >= 15 is 0 Å². The van der Waals surface area contributed by atoms with Crippen molar-refractivity contribution in [2.24, 2.45) is 0 Å². The van der Waals surface area contributed by atoms with Gasteiger partial charge in [0.2, 0.25) is 0 Å². The first-order chi connectivity index (χ1) is 8.83. The number of hydrogen-bond acceptors (Lipinski definition) is 2. The molecule has 1 aliphatic carbocycles. The molecular formula is C16H18CoO2. The second kappa shape index (κ2) is 18.4. The molecule has 0 heterocycles. The number of carbonyl (C=O) groups is 2. The van der Waals surface area contributed by atoms with Crippen molar-refractivity contribution < 1.29 is 26.4 Å². The van der Waals surface area contributed by atoms with E-state index in [0.717, 1.165) is 5.57 Å². The maximum Gasteiger partial charge on any atom is 0.106 e. The van der Waals surface area contributed by atoms with E-state index < -0.39 is 0 Å². The number of carbonyl (C=O) groups excluding carboxylic acids is 2. The van der Waals surface area contributed by atoms with Gasteiger partial charge in [0, 0.05) is 16.8 Å². The summed E-state index contributed by atoms with van der Waals surface area (Å²) in [5.41, 5.74) is 2.27. The van der Waals surface area contributed by atoms with E-state index in [2.05, 4.69) is 13.2 Å². The quantitative estimate of drug-likeness (QED) is 0.794. The second-order valence-corrected chi connectivity index (χ2v) is 2.91. The van der Waals surface area contributed by atoms with Crippen LogP contribution in [-0.4, -0.2) is 13.6 Å². The van der Waals surface area contributed by atoms with E-state index in [1.165, 1.54) is 5.56 Å². The number of allylic oxidation sites excluding steroid dienone is 5. The van der Waals surface area contributed by atoms with Crippen LogP contribution in [0.5, 0.6) is 0 Å². The Morgan fingerprint density at radius 2 is 1.26 bits per heavy atom. The summed E-state index contributed by atoms with van der Waals surface area (Å²) in [6, 6.07) is 10.0. The predicted octanol–water partition coefficient (Wildman–Crippen LogP) is 3.63. The molecule has 0 aromatic heterocycles. The van der Waals surface area contributed by atoms with Crippen molar-refractivity contribution in [1.82, 2.24) is 0 Å². The summed E-state index contributed by atoms with van der Waals surface area (Å²) in [6.45, 7) is 11.3. The fraction of sp³-hybridized carbons (Fsp3) is 0. The minimum atomic E-state index is 0. The van der Waals surface area contributed by atoms with Crippen molar-refractivity contribution in [2.75, 3.05) is 0 Å². The summed E-state index contributed by atoms with van der Waals surface area (Å²) in [4.78, 5) is 16.0. The summed E-state index contributed by atoms with van der Waals surface area (Å²) < 4.78 is 0. The third-order valence-electron chi connectivity index (χ3n) is 1.77. The summed E-state index contributed by atoms with van der Waals surface area (Å²) in [5, 5.41) is 0. The van der Waals surface area contributed by atoms with Gasteiger partial charge in [-0.1, -0.05) is 73.9 Å². The molecule has 0 saturated heterocycles. The Morgan fingerprint density at radius 1 is 0.842 bits per heavy atom. The summed E-state index contributed by atoms with van der Waals surface area (Å²) in [7, 11) is 0. The van der Waals surface area contributed by atoms with Gasteiger partial charge in [0.15, 0.2) is 0 Å². The SMILES string of the molecule is C=C1C=CC=C1.C=Cc1ccccc1.C=O.C=O.[Co]. The van der Waals surface area contributed by atoms with Crippen molar-refractivity contribution >= 4 is 19.7 Å². The maximum atomic E-state index is 8.00. The van der Waals surface area contributed by atoms with Gasteiger partial charge in [0.05, 0.1) is 0 Å². The van der Waals surface area contributed by atoms with Crippen LogP contribution in [0, 0.1) is 0 Å². The summed E-state index contributed by atoms with van der Waals surface area (Å²) >= 11 is 0. The predicted molar refractivity (Wildman–Crippen MR) is 78.2 cm³/mol. The van der Waals surface area contributed by atoms with Crippen LogP contribution < -0.4 is 0 Å². The zero-order valence-electron chi connectivity index (χ0n) is 10.8. The zero-order chi connectivity index (χ0) is 14.2. The molecule has 2 nitrogen and oxygen atoms in total. The zero-order valence-corrected chi connectivity index (χ0v) is 11.8. The molecule has 0 spiro atoms. The topological polar surface area (TPSA) is 34.1 Å². The molecule has 1 aromatic carbocycles. The molecule has 0 atom stereocenters. The van der Waals surface area contributed by atoms with Crippen LogP contribution in [0.3, 0.4) is 0 Å². The molecule has 0 fully saturated rings. The van der Waals surface area contributed by atoms with Crippen molar-refractivity contribution in [3.8, 4) is 0 Å². The Bertz CT molecular complexity index is 378. The van der Waals surface area contributed by atoms with Gasteiger partial charge in [-0.15, -0.1) is 0 Å². The Hall–Kier alpha value is -1.97. The van der Waals surface area contributed by atoms with Crippen LogP contribution in [0.2, 0.25) is 0 Å². The normalized spacial score (nSPS) is 9.37. The van der Waals surface area contributed by atoms with E-state index in [0.29, 0.717) is 0 Å². The first kappa shape index (κ1) is 22.2. The molecule has 0 bridgehead atoms. The largest absolute Gasteiger partial charge is 0.307 e. The van der Waals surface area contributed by atoms with Crippen LogP contribution in [0.4, 0.5) is 0 Å². The minimum absolute atomic E-state index is 0. The standard InChI is InChI=1S/C8H8.C6H6.2CH2O.Co/c1-2-8-6-4-3-5-7-8;1-6-4-2-3-5-6;2*1-2;/h2-7H,1H2;2-5H,1H2;2*1H2;. The third-order valence-corrected chi connectivity index (χ3v) is 1.77. The molecule has 19 heavy (non-hydrogen) atoms. The van der Waals surface area contributed by atoms with Gasteiger partial charge in [-0.25, -0.2) is 0 Å². The van der Waals surface area contributed by atoms with Crippen LogP contribution in [0.15, 0.2) is 73.4 Å². The molecule has 0 N–H and O–H groups in total. The van der Waals surface area contributed by atoms with Crippen LogP contribution in [0.25, 0.3) is 6.08 Å². The molecule has 103 valence electrons. The van der Waals surface area contributed by atoms with Crippen LogP contribution in [0.1, 0.15) is 5.56 Å². The summed E-state index contributed by atoms with van der Waals surface area (Å²) in [5.74, 6) is 0. The van der Waals surface area contributed by atoms with Crippen LogP contribution in [-0.2, 0) is 26.4 Å². The Kier molecular flexibility index (Phi) is 21.5. The Labute approximate surface area is 125 Å². The average Bonchev–Trinajstić information content (AvgIpc) is 2.96. The smallest absolute Gasteiger partial charge is 0.106 e. The number of rotatable bonds is 1. The van der Waals surface area contributed by atoms with Crippen LogP contribution >= 0.6 is 0 Å². The molecule has 2 rings (SSSR count). The van der Waals surface area contributed by atoms with Gasteiger partial charge in [0.1, 0.15) is 13.6 Å².